The van der Waals surface area contributed by atoms with Gasteiger partial charge in [0.05, 0.1) is 12.7 Å². The SMILES string of the molecule is CC1(C)O[C@H](COS(N)(=O)=O)[C@@H](Cc2ccccc2Cl)O1. The van der Waals surface area contributed by atoms with Gasteiger partial charge in [-0.15, -0.1) is 0 Å². The van der Waals surface area contributed by atoms with Crippen molar-refractivity contribution in [2.75, 3.05) is 6.61 Å². The molecule has 0 amide bonds. The topological polar surface area (TPSA) is 87.9 Å². The molecule has 0 bridgehead atoms. The van der Waals surface area contributed by atoms with Crippen LogP contribution in [0.2, 0.25) is 5.02 Å². The third-order valence-electron chi connectivity index (χ3n) is 3.06. The Bertz CT molecular complexity index is 604. The Labute approximate surface area is 129 Å². The largest absolute Gasteiger partial charge is 0.344 e. The third kappa shape index (κ3) is 4.91. The summed E-state index contributed by atoms with van der Waals surface area (Å²) in [5.41, 5.74) is 0.895. The van der Waals surface area contributed by atoms with Crippen LogP contribution in [-0.4, -0.2) is 33.0 Å². The standard InChI is InChI=1S/C13H18ClNO5S/c1-13(2)19-11(7-9-5-3-4-6-10(9)14)12(20-13)8-18-21(15,16)17/h3-6,11-12H,7-8H2,1-2H3,(H2,15,16,17)/t11-,12-/m1/s1. The molecule has 8 heteroatoms. The van der Waals surface area contributed by atoms with Crippen LogP contribution >= 0.6 is 11.6 Å². The number of halogens is 1. The Morgan fingerprint density at radius 1 is 1.29 bits per heavy atom. The van der Waals surface area contributed by atoms with Crippen molar-refractivity contribution in [2.24, 2.45) is 5.14 Å². The van der Waals surface area contributed by atoms with E-state index in [0.29, 0.717) is 11.4 Å². The lowest BCUT2D eigenvalue weighted by Crippen LogP contribution is -2.32. The smallest absolute Gasteiger partial charge is 0.333 e. The average molecular weight is 336 g/mol. The molecule has 1 aliphatic heterocycles. The molecule has 2 N–H and O–H groups in total. The minimum absolute atomic E-state index is 0.197. The van der Waals surface area contributed by atoms with Crippen LogP contribution < -0.4 is 5.14 Å². The van der Waals surface area contributed by atoms with Crippen LogP contribution in [0, 0.1) is 0 Å². The molecule has 2 atom stereocenters. The van der Waals surface area contributed by atoms with Gasteiger partial charge in [-0.25, -0.2) is 5.14 Å². The monoisotopic (exact) mass is 335 g/mol. The zero-order valence-electron chi connectivity index (χ0n) is 11.8. The molecule has 0 radical (unpaired) electrons. The van der Waals surface area contributed by atoms with Crippen molar-refractivity contribution in [3.05, 3.63) is 34.9 Å². The highest BCUT2D eigenvalue weighted by atomic mass is 35.5. The Morgan fingerprint density at radius 3 is 2.52 bits per heavy atom. The van der Waals surface area contributed by atoms with E-state index < -0.39 is 22.2 Å². The summed E-state index contributed by atoms with van der Waals surface area (Å²) in [6.45, 7) is 3.31. The number of rotatable bonds is 5. The Balaban J connectivity index is 2.10. The van der Waals surface area contributed by atoms with Crippen molar-refractivity contribution in [2.45, 2.75) is 38.3 Å². The normalized spacial score (nSPS) is 25.1. The molecular formula is C13H18ClNO5S. The fourth-order valence-electron chi connectivity index (χ4n) is 2.27. The van der Waals surface area contributed by atoms with Gasteiger partial charge < -0.3 is 9.47 Å². The molecular weight excluding hydrogens is 318 g/mol. The van der Waals surface area contributed by atoms with Crippen LogP contribution in [0.3, 0.4) is 0 Å². The van der Waals surface area contributed by atoms with Gasteiger partial charge in [-0.1, -0.05) is 29.8 Å². The first-order valence-corrected chi connectivity index (χ1v) is 8.27. The fraction of sp³-hybridized carbons (Fsp3) is 0.538. The van der Waals surface area contributed by atoms with Gasteiger partial charge in [0, 0.05) is 11.4 Å². The summed E-state index contributed by atoms with van der Waals surface area (Å²) in [7, 11) is -4.01. The van der Waals surface area contributed by atoms with E-state index in [4.69, 9.17) is 26.2 Å². The molecule has 1 saturated heterocycles. The molecule has 118 valence electrons. The van der Waals surface area contributed by atoms with E-state index in [1.54, 1.807) is 19.9 Å². The Kier molecular flexibility index (Phi) is 4.92. The molecule has 0 aromatic heterocycles. The molecule has 0 aliphatic carbocycles. The van der Waals surface area contributed by atoms with E-state index in [-0.39, 0.29) is 12.7 Å². The molecule has 6 nitrogen and oxygen atoms in total. The molecule has 1 heterocycles. The zero-order valence-corrected chi connectivity index (χ0v) is 13.4. The first-order chi connectivity index (χ1) is 9.66. The Hall–Kier alpha value is -0.700. The lowest BCUT2D eigenvalue weighted by molar-refractivity contribution is -0.148. The van der Waals surface area contributed by atoms with Crippen LogP contribution in [0.5, 0.6) is 0 Å². The van der Waals surface area contributed by atoms with E-state index in [9.17, 15) is 8.42 Å². The number of ether oxygens (including phenoxy) is 2. The number of hydrogen-bond acceptors (Lipinski definition) is 5. The summed E-state index contributed by atoms with van der Waals surface area (Å²) in [5.74, 6) is -0.821. The highest BCUT2D eigenvalue weighted by molar-refractivity contribution is 7.84. The molecule has 0 spiro atoms. The second-order valence-electron chi connectivity index (χ2n) is 5.29. The van der Waals surface area contributed by atoms with Crippen molar-refractivity contribution in [1.82, 2.24) is 0 Å². The van der Waals surface area contributed by atoms with Crippen LogP contribution in [0.25, 0.3) is 0 Å². The molecule has 1 aromatic carbocycles. The minimum atomic E-state index is -4.01. The minimum Gasteiger partial charge on any atom is -0.344 e. The summed E-state index contributed by atoms with van der Waals surface area (Å²) in [5, 5.41) is 5.46. The van der Waals surface area contributed by atoms with Gasteiger partial charge in [0.25, 0.3) is 0 Å². The highest BCUT2D eigenvalue weighted by Crippen LogP contribution is 2.31. The quantitative estimate of drug-likeness (QED) is 0.883. The van der Waals surface area contributed by atoms with Gasteiger partial charge in [0.2, 0.25) is 0 Å². The average Bonchev–Trinajstić information content (AvgIpc) is 2.63. The second-order valence-corrected chi connectivity index (χ2v) is 6.91. The van der Waals surface area contributed by atoms with Gasteiger partial charge in [0.1, 0.15) is 6.10 Å². The summed E-state index contributed by atoms with van der Waals surface area (Å²) in [6.07, 6.45) is -0.432. The molecule has 1 fully saturated rings. The maximum Gasteiger partial charge on any atom is 0.333 e. The molecule has 1 aromatic rings. The lowest BCUT2D eigenvalue weighted by Gasteiger charge is -2.17. The van der Waals surface area contributed by atoms with Crippen molar-refractivity contribution in [1.29, 1.82) is 0 Å². The van der Waals surface area contributed by atoms with Gasteiger partial charge in [-0.05, 0) is 25.5 Å². The molecule has 2 rings (SSSR count). The van der Waals surface area contributed by atoms with Crippen molar-refractivity contribution in [3.63, 3.8) is 0 Å². The number of hydrogen-bond donors (Lipinski definition) is 1. The number of nitrogens with two attached hydrogens (primary N) is 1. The van der Waals surface area contributed by atoms with E-state index in [2.05, 4.69) is 4.18 Å². The van der Waals surface area contributed by atoms with E-state index in [0.717, 1.165) is 5.56 Å². The van der Waals surface area contributed by atoms with Crippen molar-refractivity contribution < 1.29 is 22.1 Å². The molecule has 1 aliphatic rings. The molecule has 0 unspecified atom stereocenters. The molecule has 21 heavy (non-hydrogen) atoms. The van der Waals surface area contributed by atoms with Crippen LogP contribution in [0.15, 0.2) is 24.3 Å². The van der Waals surface area contributed by atoms with Crippen molar-refractivity contribution >= 4 is 21.9 Å². The van der Waals surface area contributed by atoms with E-state index >= 15 is 0 Å². The van der Waals surface area contributed by atoms with Gasteiger partial charge >= 0.3 is 10.3 Å². The van der Waals surface area contributed by atoms with E-state index in [1.165, 1.54) is 0 Å². The first-order valence-electron chi connectivity index (χ1n) is 6.42. The molecule has 0 saturated carbocycles. The van der Waals surface area contributed by atoms with Crippen LogP contribution in [-0.2, 0) is 30.4 Å². The second kappa shape index (κ2) is 6.20. The number of benzene rings is 1. The van der Waals surface area contributed by atoms with Gasteiger partial charge in [-0.3, -0.25) is 4.18 Å². The maximum absolute atomic E-state index is 10.9. The fourth-order valence-corrected chi connectivity index (χ4v) is 2.80. The van der Waals surface area contributed by atoms with Crippen LogP contribution in [0.1, 0.15) is 19.4 Å². The summed E-state index contributed by atoms with van der Waals surface area (Å²) >= 11 is 6.13. The summed E-state index contributed by atoms with van der Waals surface area (Å²) < 4.78 is 37.9. The predicted octanol–water partition coefficient (Wildman–Crippen LogP) is 1.62. The van der Waals surface area contributed by atoms with Crippen LogP contribution in [0.4, 0.5) is 0 Å². The summed E-state index contributed by atoms with van der Waals surface area (Å²) in [4.78, 5) is 0. The third-order valence-corrected chi connectivity index (χ3v) is 3.89. The lowest BCUT2D eigenvalue weighted by atomic mass is 10.0. The van der Waals surface area contributed by atoms with Gasteiger partial charge in [0.15, 0.2) is 5.79 Å². The first kappa shape index (κ1) is 16.7. The van der Waals surface area contributed by atoms with Crippen molar-refractivity contribution in [3.8, 4) is 0 Å². The summed E-state index contributed by atoms with van der Waals surface area (Å²) in [6, 6.07) is 7.38. The predicted molar refractivity (Wildman–Crippen MR) is 78.0 cm³/mol. The highest BCUT2D eigenvalue weighted by Gasteiger charge is 2.42. The zero-order chi connectivity index (χ0) is 15.7. The maximum atomic E-state index is 10.9. The van der Waals surface area contributed by atoms with Gasteiger partial charge in [-0.2, -0.15) is 8.42 Å². The van der Waals surface area contributed by atoms with E-state index in [1.807, 2.05) is 18.2 Å². The Morgan fingerprint density at radius 2 is 1.90 bits per heavy atom.